The molecule has 5 rings (SSSR count). The lowest BCUT2D eigenvalue weighted by molar-refractivity contribution is 1.41. The topological polar surface area (TPSA) is 15.8 Å². The first-order chi connectivity index (χ1) is 11.9. The van der Waals surface area contributed by atoms with E-state index in [-0.39, 0.29) is 0 Å². The molecule has 0 spiro atoms. The third-order valence-electron chi connectivity index (χ3n) is 4.60. The van der Waals surface area contributed by atoms with Crippen LogP contribution in [0.3, 0.4) is 0 Å². The molecule has 114 valence electrons. The SMILES string of the molecule is c1ccc(-p2c3ccccc3c3cccc(-c4ccc[nH]4)c32)cc1. The molecule has 3 aromatic carbocycles. The maximum atomic E-state index is 3.39. The van der Waals surface area contributed by atoms with Crippen molar-refractivity contribution in [2.75, 3.05) is 0 Å². The predicted molar refractivity (Wildman–Crippen MR) is 105 cm³/mol. The lowest BCUT2D eigenvalue weighted by atomic mass is 10.1. The van der Waals surface area contributed by atoms with Gasteiger partial charge in [-0.05, 0) is 28.2 Å². The van der Waals surface area contributed by atoms with E-state index in [1.807, 2.05) is 6.20 Å². The van der Waals surface area contributed by atoms with E-state index in [1.165, 1.54) is 37.6 Å². The van der Waals surface area contributed by atoms with E-state index < -0.39 is 7.53 Å². The van der Waals surface area contributed by atoms with Crippen LogP contribution in [0.5, 0.6) is 0 Å². The van der Waals surface area contributed by atoms with Crippen molar-refractivity contribution in [1.82, 2.24) is 4.98 Å². The zero-order valence-electron chi connectivity index (χ0n) is 13.1. The van der Waals surface area contributed by atoms with Gasteiger partial charge in [0.15, 0.2) is 0 Å². The van der Waals surface area contributed by atoms with E-state index in [0.717, 1.165) is 0 Å². The fourth-order valence-corrected chi connectivity index (χ4v) is 6.37. The summed E-state index contributed by atoms with van der Waals surface area (Å²) < 4.78 is 0. The van der Waals surface area contributed by atoms with Crippen LogP contribution in [0.25, 0.3) is 37.6 Å². The van der Waals surface area contributed by atoms with Gasteiger partial charge >= 0.3 is 0 Å². The molecule has 0 aliphatic heterocycles. The highest BCUT2D eigenvalue weighted by Gasteiger charge is 2.16. The van der Waals surface area contributed by atoms with E-state index in [1.54, 1.807) is 0 Å². The van der Waals surface area contributed by atoms with Gasteiger partial charge in [0.25, 0.3) is 0 Å². The Morgan fingerprint density at radius 3 is 2.25 bits per heavy atom. The summed E-state index contributed by atoms with van der Waals surface area (Å²) in [4.78, 5) is 3.39. The van der Waals surface area contributed by atoms with Crippen LogP contribution < -0.4 is 0 Å². The van der Waals surface area contributed by atoms with Crippen LogP contribution in [0, 0.1) is 0 Å². The summed E-state index contributed by atoms with van der Waals surface area (Å²) in [7, 11) is -0.517. The molecule has 24 heavy (non-hydrogen) atoms. The molecule has 2 heteroatoms. The van der Waals surface area contributed by atoms with Gasteiger partial charge < -0.3 is 4.98 Å². The largest absolute Gasteiger partial charge is 0.361 e. The number of H-pyrrole nitrogens is 1. The molecule has 1 unspecified atom stereocenters. The molecule has 5 aromatic rings. The first-order valence-corrected chi connectivity index (χ1v) is 9.49. The van der Waals surface area contributed by atoms with Crippen molar-refractivity contribution in [2.45, 2.75) is 0 Å². The highest BCUT2D eigenvalue weighted by Crippen LogP contribution is 2.57. The maximum Gasteiger partial charge on any atom is 0.0463 e. The lowest BCUT2D eigenvalue weighted by Gasteiger charge is -2.07. The average Bonchev–Trinajstić information content (AvgIpc) is 3.28. The van der Waals surface area contributed by atoms with Gasteiger partial charge in [-0.2, -0.15) is 0 Å². The molecule has 0 aliphatic carbocycles. The van der Waals surface area contributed by atoms with Crippen molar-refractivity contribution in [2.24, 2.45) is 0 Å². The Labute approximate surface area is 141 Å². The van der Waals surface area contributed by atoms with Gasteiger partial charge in [-0.3, -0.25) is 0 Å². The third kappa shape index (κ3) is 1.95. The number of aromatic nitrogens is 1. The number of fused-ring (bicyclic) bond motifs is 3. The fraction of sp³-hybridized carbons (Fsp3) is 0. The van der Waals surface area contributed by atoms with Crippen molar-refractivity contribution in [1.29, 1.82) is 0 Å². The van der Waals surface area contributed by atoms with Gasteiger partial charge in [0.05, 0.1) is 0 Å². The van der Waals surface area contributed by atoms with Crippen molar-refractivity contribution < 1.29 is 0 Å². The minimum atomic E-state index is -0.517. The van der Waals surface area contributed by atoms with Crippen LogP contribution in [0.4, 0.5) is 0 Å². The normalized spacial score (nSPS) is 12.1. The zero-order valence-corrected chi connectivity index (χ0v) is 14.0. The Kier molecular flexibility index (Phi) is 3.07. The van der Waals surface area contributed by atoms with E-state index in [2.05, 4.69) is 89.9 Å². The second-order valence-electron chi connectivity index (χ2n) is 5.97. The van der Waals surface area contributed by atoms with E-state index in [4.69, 9.17) is 0 Å². The average molecular weight is 325 g/mol. The van der Waals surface area contributed by atoms with Crippen molar-refractivity contribution in [3.05, 3.63) is 91.1 Å². The summed E-state index contributed by atoms with van der Waals surface area (Å²) in [6, 6.07) is 30.7. The maximum absolute atomic E-state index is 3.39. The van der Waals surface area contributed by atoms with Gasteiger partial charge in [0.2, 0.25) is 0 Å². The number of aromatic amines is 1. The van der Waals surface area contributed by atoms with Crippen LogP contribution in [0.15, 0.2) is 91.1 Å². The summed E-state index contributed by atoms with van der Waals surface area (Å²) in [6.07, 6.45) is 2.00. The van der Waals surface area contributed by atoms with Crippen LogP contribution in [0.2, 0.25) is 0 Å². The van der Waals surface area contributed by atoms with E-state index in [9.17, 15) is 0 Å². The highest BCUT2D eigenvalue weighted by atomic mass is 31.1. The van der Waals surface area contributed by atoms with E-state index >= 15 is 0 Å². The van der Waals surface area contributed by atoms with Crippen LogP contribution in [-0.4, -0.2) is 4.98 Å². The summed E-state index contributed by atoms with van der Waals surface area (Å²) in [5, 5.41) is 7.12. The molecule has 0 saturated heterocycles. The van der Waals surface area contributed by atoms with Gasteiger partial charge in [-0.15, -0.1) is 0 Å². The molecule has 1 atom stereocenters. The Morgan fingerprint density at radius 1 is 0.625 bits per heavy atom. The molecule has 2 heterocycles. The molecule has 0 fully saturated rings. The van der Waals surface area contributed by atoms with Crippen molar-refractivity contribution in [3.63, 3.8) is 0 Å². The molecule has 0 aliphatic rings. The molecular weight excluding hydrogens is 309 g/mol. The molecule has 1 N–H and O–H groups in total. The Balaban J connectivity index is 2.01. The van der Waals surface area contributed by atoms with Gasteiger partial charge in [0.1, 0.15) is 0 Å². The number of nitrogens with one attached hydrogen (secondary N) is 1. The summed E-state index contributed by atoms with van der Waals surface area (Å²) in [6.45, 7) is 0. The quantitative estimate of drug-likeness (QED) is 0.361. The van der Waals surface area contributed by atoms with E-state index in [0.29, 0.717) is 0 Å². The lowest BCUT2D eigenvalue weighted by Crippen LogP contribution is -1.77. The summed E-state index contributed by atoms with van der Waals surface area (Å²) in [5.41, 5.74) is 2.52. The number of rotatable bonds is 2. The highest BCUT2D eigenvalue weighted by molar-refractivity contribution is 7.68. The Bertz CT molecular complexity index is 1130. The number of hydrogen-bond acceptors (Lipinski definition) is 0. The van der Waals surface area contributed by atoms with Crippen molar-refractivity contribution in [3.8, 4) is 16.6 Å². The molecule has 1 nitrogen and oxygen atoms in total. The molecule has 0 bridgehead atoms. The van der Waals surface area contributed by atoms with Crippen LogP contribution in [-0.2, 0) is 0 Å². The van der Waals surface area contributed by atoms with Gasteiger partial charge in [-0.1, -0.05) is 80.3 Å². The van der Waals surface area contributed by atoms with Gasteiger partial charge in [-0.25, -0.2) is 0 Å². The first kappa shape index (κ1) is 13.7. The molecule has 0 saturated carbocycles. The molecule has 0 radical (unpaired) electrons. The molecule has 2 aromatic heterocycles. The second-order valence-corrected chi connectivity index (χ2v) is 8.09. The fourth-order valence-electron chi connectivity index (χ4n) is 3.58. The Morgan fingerprint density at radius 2 is 1.42 bits per heavy atom. The van der Waals surface area contributed by atoms with Gasteiger partial charge in [0, 0.05) is 27.7 Å². The summed E-state index contributed by atoms with van der Waals surface area (Å²) >= 11 is 0. The number of hydrogen-bond donors (Lipinski definition) is 1. The molecule has 0 amide bonds. The Hall–Kier alpha value is -2.76. The second kappa shape index (κ2) is 5.40. The molecular formula is C22H16NP. The monoisotopic (exact) mass is 325 g/mol. The zero-order chi connectivity index (χ0) is 15.9. The third-order valence-corrected chi connectivity index (χ3v) is 7.21. The van der Waals surface area contributed by atoms with Crippen molar-refractivity contribution >= 4 is 28.5 Å². The number of benzene rings is 3. The predicted octanol–water partition coefficient (Wildman–Crippen LogP) is 6.96. The minimum Gasteiger partial charge on any atom is -0.361 e. The smallest absolute Gasteiger partial charge is 0.0463 e. The standard InChI is InChI=1S/C22H16NP/c1-2-8-16(9-3-1)24-21-14-5-4-10-17(21)18-11-6-12-19(22(18)24)20-13-7-15-23-20/h1-15,23H. The van der Waals surface area contributed by atoms with Crippen LogP contribution in [0.1, 0.15) is 0 Å². The van der Waals surface area contributed by atoms with Crippen LogP contribution >= 0.6 is 7.53 Å². The minimum absolute atomic E-state index is 0.517. The first-order valence-electron chi connectivity index (χ1n) is 8.15. The summed E-state index contributed by atoms with van der Waals surface area (Å²) in [5.74, 6) is 0.